The Morgan fingerprint density at radius 2 is 2.15 bits per heavy atom. The molecule has 0 aromatic carbocycles. The number of hydrogen-bond acceptors (Lipinski definition) is 3. The Bertz CT molecular complexity index is 357. The second kappa shape index (κ2) is 3.08. The normalized spacial score (nSPS) is 11.4. The van der Waals surface area contributed by atoms with Crippen molar-refractivity contribution >= 4 is 5.95 Å². The van der Waals surface area contributed by atoms with E-state index in [1.165, 1.54) is 7.05 Å². The molecule has 2 N–H and O–H groups in total. The zero-order valence-corrected chi connectivity index (χ0v) is 6.57. The molecule has 0 amide bonds. The molecule has 0 fully saturated rings. The molecule has 0 spiro atoms. The molecule has 1 aromatic heterocycles. The maximum Gasteiger partial charge on any atom is 0.433 e. The summed E-state index contributed by atoms with van der Waals surface area (Å²) in [6.07, 6.45) is -4.60. The molecule has 1 heterocycles. The Morgan fingerprint density at radius 1 is 1.54 bits per heavy atom. The molecule has 0 aliphatic carbocycles. The van der Waals surface area contributed by atoms with E-state index < -0.39 is 17.4 Å². The number of hydrogen-bond donors (Lipinski definition) is 2. The minimum atomic E-state index is -4.60. The fraction of sp³-hybridized carbons (Fsp3) is 0.333. The third-order valence-electron chi connectivity index (χ3n) is 1.27. The molecule has 0 atom stereocenters. The first-order valence-electron chi connectivity index (χ1n) is 3.30. The van der Waals surface area contributed by atoms with E-state index in [2.05, 4.69) is 15.3 Å². The summed E-state index contributed by atoms with van der Waals surface area (Å²) in [5.41, 5.74) is -2.05. The van der Waals surface area contributed by atoms with Crippen molar-refractivity contribution in [1.82, 2.24) is 9.97 Å². The van der Waals surface area contributed by atoms with Crippen molar-refractivity contribution in [2.24, 2.45) is 0 Å². The average molecular weight is 193 g/mol. The van der Waals surface area contributed by atoms with Crippen LogP contribution < -0.4 is 10.9 Å². The van der Waals surface area contributed by atoms with Gasteiger partial charge in [0.15, 0.2) is 5.69 Å². The lowest BCUT2D eigenvalue weighted by Crippen LogP contribution is -2.17. The number of alkyl halides is 3. The summed E-state index contributed by atoms with van der Waals surface area (Å²) in [6.45, 7) is 0. The third-order valence-corrected chi connectivity index (χ3v) is 1.27. The quantitative estimate of drug-likeness (QED) is 0.694. The summed E-state index contributed by atoms with van der Waals surface area (Å²) in [5.74, 6) is -0.208. The number of H-pyrrole nitrogens is 1. The topological polar surface area (TPSA) is 57.8 Å². The Balaban J connectivity index is 3.24. The van der Waals surface area contributed by atoms with E-state index in [-0.39, 0.29) is 5.95 Å². The van der Waals surface area contributed by atoms with E-state index in [0.29, 0.717) is 6.07 Å². The summed E-state index contributed by atoms with van der Waals surface area (Å²) in [5, 5.41) is 2.31. The SMILES string of the molecule is CNc1nc(C(F)(F)F)cc(=O)[nH]1. The van der Waals surface area contributed by atoms with Gasteiger partial charge >= 0.3 is 6.18 Å². The standard InChI is InChI=1S/C6H6F3N3O/c1-10-5-11-3(6(7,8)9)2-4(13)12-5/h2H,1H3,(H2,10,11,12,13). The minimum absolute atomic E-state index is 0.208. The summed E-state index contributed by atoms with van der Waals surface area (Å²) < 4.78 is 36.1. The van der Waals surface area contributed by atoms with Crippen molar-refractivity contribution in [2.45, 2.75) is 6.18 Å². The van der Waals surface area contributed by atoms with Crippen LogP contribution in [0.25, 0.3) is 0 Å². The number of rotatable bonds is 1. The fourth-order valence-electron chi connectivity index (χ4n) is 0.721. The van der Waals surface area contributed by atoms with Gasteiger partial charge in [-0.3, -0.25) is 9.78 Å². The van der Waals surface area contributed by atoms with Gasteiger partial charge < -0.3 is 5.32 Å². The van der Waals surface area contributed by atoms with Crippen molar-refractivity contribution in [2.75, 3.05) is 12.4 Å². The van der Waals surface area contributed by atoms with Crippen molar-refractivity contribution in [3.05, 3.63) is 22.1 Å². The molecule has 0 radical (unpaired) electrons. The maximum absolute atomic E-state index is 12.0. The molecule has 13 heavy (non-hydrogen) atoms. The molecule has 0 aliphatic heterocycles. The van der Waals surface area contributed by atoms with Crippen LogP contribution in [-0.4, -0.2) is 17.0 Å². The predicted octanol–water partition coefficient (Wildman–Crippen LogP) is 0.830. The second-order valence-electron chi connectivity index (χ2n) is 2.23. The van der Waals surface area contributed by atoms with Crippen LogP contribution in [-0.2, 0) is 6.18 Å². The van der Waals surface area contributed by atoms with Gasteiger partial charge in [0.1, 0.15) is 0 Å². The molecule has 0 aliphatic rings. The van der Waals surface area contributed by atoms with Gasteiger partial charge in [-0.25, -0.2) is 4.98 Å². The van der Waals surface area contributed by atoms with Crippen molar-refractivity contribution in [3.8, 4) is 0 Å². The van der Waals surface area contributed by atoms with Crippen LogP contribution >= 0.6 is 0 Å². The third kappa shape index (κ3) is 2.20. The highest BCUT2D eigenvalue weighted by atomic mass is 19.4. The van der Waals surface area contributed by atoms with Crippen molar-refractivity contribution < 1.29 is 13.2 Å². The lowest BCUT2D eigenvalue weighted by atomic mass is 10.4. The molecule has 0 saturated carbocycles. The Labute approximate surface area is 70.8 Å². The van der Waals surface area contributed by atoms with Gasteiger partial charge in [-0.2, -0.15) is 13.2 Å². The first-order chi connectivity index (χ1) is 5.93. The van der Waals surface area contributed by atoms with Gasteiger partial charge in [0.2, 0.25) is 5.95 Å². The van der Waals surface area contributed by atoms with E-state index in [1.807, 2.05) is 0 Å². The van der Waals surface area contributed by atoms with Gasteiger partial charge in [-0.15, -0.1) is 0 Å². The highest BCUT2D eigenvalue weighted by molar-refractivity contribution is 5.24. The molecular formula is C6H6F3N3O. The number of aromatic nitrogens is 2. The van der Waals surface area contributed by atoms with E-state index in [9.17, 15) is 18.0 Å². The van der Waals surface area contributed by atoms with E-state index in [1.54, 1.807) is 0 Å². The van der Waals surface area contributed by atoms with Crippen LogP contribution in [0, 0.1) is 0 Å². The molecule has 0 saturated heterocycles. The fourth-order valence-corrected chi connectivity index (χ4v) is 0.721. The van der Waals surface area contributed by atoms with Crippen LogP contribution in [0.4, 0.5) is 19.1 Å². The number of nitrogens with one attached hydrogen (secondary N) is 2. The molecule has 1 rings (SSSR count). The first-order valence-corrected chi connectivity index (χ1v) is 3.30. The summed E-state index contributed by atoms with van der Waals surface area (Å²) in [4.78, 5) is 15.9. The number of halogens is 3. The second-order valence-corrected chi connectivity index (χ2v) is 2.23. The highest BCUT2D eigenvalue weighted by Crippen LogP contribution is 2.26. The zero-order chi connectivity index (χ0) is 10.1. The largest absolute Gasteiger partial charge is 0.433 e. The van der Waals surface area contributed by atoms with E-state index >= 15 is 0 Å². The summed E-state index contributed by atoms with van der Waals surface area (Å²) in [6, 6.07) is 0.404. The van der Waals surface area contributed by atoms with E-state index in [4.69, 9.17) is 0 Å². The molecule has 0 unspecified atom stereocenters. The van der Waals surface area contributed by atoms with Crippen LogP contribution in [0.1, 0.15) is 5.69 Å². The highest BCUT2D eigenvalue weighted by Gasteiger charge is 2.33. The summed E-state index contributed by atoms with van der Waals surface area (Å²) in [7, 11) is 1.36. The molecule has 72 valence electrons. The molecule has 7 heteroatoms. The molecule has 4 nitrogen and oxygen atoms in total. The van der Waals surface area contributed by atoms with Gasteiger partial charge in [0.05, 0.1) is 0 Å². The molecular weight excluding hydrogens is 187 g/mol. The number of aromatic amines is 1. The predicted molar refractivity (Wildman–Crippen MR) is 39.4 cm³/mol. The molecule has 1 aromatic rings. The van der Waals surface area contributed by atoms with Gasteiger partial charge in [0.25, 0.3) is 5.56 Å². The van der Waals surface area contributed by atoms with Gasteiger partial charge in [-0.1, -0.05) is 0 Å². The van der Waals surface area contributed by atoms with Crippen LogP contribution in [0.2, 0.25) is 0 Å². The first kappa shape index (κ1) is 9.56. The smallest absolute Gasteiger partial charge is 0.359 e. The lowest BCUT2D eigenvalue weighted by molar-refractivity contribution is -0.141. The number of nitrogens with zero attached hydrogens (tertiary/aromatic N) is 1. The van der Waals surface area contributed by atoms with Crippen molar-refractivity contribution in [1.29, 1.82) is 0 Å². The Kier molecular flexibility index (Phi) is 2.26. The van der Waals surface area contributed by atoms with E-state index in [0.717, 1.165) is 0 Å². The number of anilines is 1. The van der Waals surface area contributed by atoms with Crippen LogP contribution in [0.15, 0.2) is 10.9 Å². The maximum atomic E-state index is 12.0. The van der Waals surface area contributed by atoms with Gasteiger partial charge in [0, 0.05) is 13.1 Å². The van der Waals surface area contributed by atoms with Gasteiger partial charge in [-0.05, 0) is 0 Å². The Hall–Kier alpha value is -1.53. The summed E-state index contributed by atoms with van der Waals surface area (Å²) >= 11 is 0. The average Bonchev–Trinajstić information content (AvgIpc) is 2.01. The minimum Gasteiger partial charge on any atom is -0.359 e. The van der Waals surface area contributed by atoms with Crippen LogP contribution in [0.3, 0.4) is 0 Å². The molecule has 0 bridgehead atoms. The Morgan fingerprint density at radius 3 is 2.62 bits per heavy atom. The van der Waals surface area contributed by atoms with Crippen LogP contribution in [0.5, 0.6) is 0 Å². The van der Waals surface area contributed by atoms with Crippen molar-refractivity contribution in [3.63, 3.8) is 0 Å². The lowest BCUT2D eigenvalue weighted by Gasteiger charge is -2.05. The zero-order valence-electron chi connectivity index (χ0n) is 6.57. The monoisotopic (exact) mass is 193 g/mol.